The number of likely N-dealkylation sites (N-methyl/N-ethyl adjacent to an activating group) is 1. The first-order chi connectivity index (χ1) is 9.00. The first-order valence-electron chi connectivity index (χ1n) is 7.40. The molecule has 0 saturated heterocycles. The first kappa shape index (κ1) is 14.5. The molecule has 0 spiro atoms. The van der Waals surface area contributed by atoms with Gasteiger partial charge in [0.15, 0.2) is 0 Å². The molecule has 0 aromatic heterocycles. The molecule has 0 amide bonds. The minimum absolute atomic E-state index is 0.00726. The Morgan fingerprint density at radius 1 is 1.21 bits per heavy atom. The Kier molecular flexibility index (Phi) is 4.64. The summed E-state index contributed by atoms with van der Waals surface area (Å²) in [6.45, 7) is 6.46. The zero-order chi connectivity index (χ0) is 13.9. The van der Waals surface area contributed by atoms with Crippen molar-refractivity contribution in [3.8, 4) is 0 Å². The van der Waals surface area contributed by atoms with E-state index in [0.29, 0.717) is 0 Å². The number of rotatable bonds is 6. The predicted octanol–water partition coefficient (Wildman–Crippen LogP) is 2.67. The van der Waals surface area contributed by atoms with Gasteiger partial charge in [-0.05, 0) is 49.4 Å². The second-order valence-corrected chi connectivity index (χ2v) is 6.77. The molecule has 0 saturated carbocycles. The van der Waals surface area contributed by atoms with Crippen molar-refractivity contribution in [2.45, 2.75) is 39.5 Å². The van der Waals surface area contributed by atoms with E-state index in [1.807, 2.05) is 0 Å². The molecule has 1 aromatic rings. The van der Waals surface area contributed by atoms with Crippen LogP contribution in [0.2, 0.25) is 0 Å². The maximum absolute atomic E-state index is 9.31. The lowest BCUT2D eigenvalue weighted by Gasteiger charge is -2.28. The lowest BCUT2D eigenvalue weighted by Crippen LogP contribution is -2.35. The Bertz CT molecular complexity index is 425. The number of aliphatic hydroxyl groups is 1. The van der Waals surface area contributed by atoms with Crippen LogP contribution in [-0.4, -0.2) is 36.8 Å². The molecule has 1 aromatic carbocycles. The number of hydrogen-bond acceptors (Lipinski definition) is 2. The molecule has 0 bridgehead atoms. The third-order valence-electron chi connectivity index (χ3n) is 4.07. The van der Waals surface area contributed by atoms with Crippen molar-refractivity contribution in [3.05, 3.63) is 34.9 Å². The van der Waals surface area contributed by atoms with Crippen molar-refractivity contribution in [2.24, 2.45) is 5.41 Å². The molecule has 106 valence electrons. The molecule has 2 heteroatoms. The average Bonchev–Trinajstić information content (AvgIpc) is 2.83. The van der Waals surface area contributed by atoms with Crippen molar-refractivity contribution in [3.63, 3.8) is 0 Å². The van der Waals surface area contributed by atoms with Gasteiger partial charge in [0.1, 0.15) is 0 Å². The average molecular weight is 261 g/mol. The van der Waals surface area contributed by atoms with Crippen LogP contribution in [-0.2, 0) is 19.3 Å². The highest BCUT2D eigenvalue weighted by atomic mass is 16.3. The molecule has 0 atom stereocenters. The largest absolute Gasteiger partial charge is 0.396 e. The van der Waals surface area contributed by atoms with Crippen LogP contribution in [0, 0.1) is 5.41 Å². The lowest BCUT2D eigenvalue weighted by atomic mass is 9.94. The van der Waals surface area contributed by atoms with E-state index in [-0.39, 0.29) is 12.0 Å². The zero-order valence-electron chi connectivity index (χ0n) is 12.6. The SMILES string of the molecule is CN(CCc1ccc2c(c1)CCC2)CC(C)(C)CO. The highest BCUT2D eigenvalue weighted by molar-refractivity contribution is 5.35. The van der Waals surface area contributed by atoms with Gasteiger partial charge in [-0.3, -0.25) is 0 Å². The Balaban J connectivity index is 1.85. The Morgan fingerprint density at radius 2 is 1.95 bits per heavy atom. The summed E-state index contributed by atoms with van der Waals surface area (Å²) in [5.74, 6) is 0. The number of hydrogen-bond donors (Lipinski definition) is 1. The number of aliphatic hydroxyl groups excluding tert-OH is 1. The smallest absolute Gasteiger partial charge is 0.0494 e. The van der Waals surface area contributed by atoms with Crippen LogP contribution in [0.25, 0.3) is 0 Å². The Hall–Kier alpha value is -0.860. The van der Waals surface area contributed by atoms with E-state index in [1.54, 1.807) is 11.1 Å². The lowest BCUT2D eigenvalue weighted by molar-refractivity contribution is 0.116. The molecule has 0 radical (unpaired) electrons. The fraction of sp³-hybridized carbons (Fsp3) is 0.647. The first-order valence-corrected chi connectivity index (χ1v) is 7.40. The number of aryl methyl sites for hydroxylation is 2. The molecule has 0 fully saturated rings. The van der Waals surface area contributed by atoms with E-state index in [2.05, 4.69) is 44.0 Å². The molecule has 1 aliphatic rings. The molecule has 1 N–H and O–H groups in total. The van der Waals surface area contributed by atoms with Crippen molar-refractivity contribution in [1.29, 1.82) is 0 Å². The number of nitrogens with zero attached hydrogens (tertiary/aromatic N) is 1. The standard InChI is InChI=1S/C17H27NO/c1-17(2,13-19)12-18(3)10-9-14-7-8-15-5-4-6-16(15)11-14/h7-8,11,19H,4-6,9-10,12-13H2,1-3H3. The molecule has 0 heterocycles. The normalized spacial score (nSPS) is 15.0. The van der Waals surface area contributed by atoms with Crippen molar-refractivity contribution in [2.75, 3.05) is 26.7 Å². The van der Waals surface area contributed by atoms with E-state index in [9.17, 15) is 5.11 Å². The van der Waals surface area contributed by atoms with Crippen LogP contribution in [0.15, 0.2) is 18.2 Å². The summed E-state index contributed by atoms with van der Waals surface area (Å²) in [4.78, 5) is 2.32. The van der Waals surface area contributed by atoms with Crippen LogP contribution < -0.4 is 0 Å². The van der Waals surface area contributed by atoms with E-state index < -0.39 is 0 Å². The fourth-order valence-corrected chi connectivity index (χ4v) is 2.96. The van der Waals surface area contributed by atoms with Crippen LogP contribution >= 0.6 is 0 Å². The summed E-state index contributed by atoms with van der Waals surface area (Å²) >= 11 is 0. The van der Waals surface area contributed by atoms with E-state index >= 15 is 0 Å². The quantitative estimate of drug-likeness (QED) is 0.851. The second kappa shape index (κ2) is 6.06. The Morgan fingerprint density at radius 3 is 2.68 bits per heavy atom. The molecule has 0 aliphatic heterocycles. The molecule has 2 nitrogen and oxygen atoms in total. The summed E-state index contributed by atoms with van der Waals surface area (Å²) in [6.07, 6.45) is 4.95. The topological polar surface area (TPSA) is 23.5 Å². The fourth-order valence-electron chi connectivity index (χ4n) is 2.96. The summed E-state index contributed by atoms with van der Waals surface area (Å²) in [7, 11) is 2.14. The van der Waals surface area contributed by atoms with E-state index in [1.165, 1.54) is 24.8 Å². The van der Waals surface area contributed by atoms with Crippen LogP contribution in [0.3, 0.4) is 0 Å². The van der Waals surface area contributed by atoms with E-state index in [4.69, 9.17) is 0 Å². The van der Waals surface area contributed by atoms with Gasteiger partial charge >= 0.3 is 0 Å². The van der Waals surface area contributed by atoms with Gasteiger partial charge in [-0.2, -0.15) is 0 Å². The van der Waals surface area contributed by atoms with Gasteiger partial charge in [0, 0.05) is 25.1 Å². The summed E-state index contributed by atoms with van der Waals surface area (Å²) < 4.78 is 0. The predicted molar refractivity (Wildman–Crippen MR) is 80.5 cm³/mol. The van der Waals surface area contributed by atoms with E-state index in [0.717, 1.165) is 19.5 Å². The minimum atomic E-state index is -0.00726. The maximum Gasteiger partial charge on any atom is 0.0494 e. The van der Waals surface area contributed by atoms with Gasteiger partial charge in [-0.15, -0.1) is 0 Å². The second-order valence-electron chi connectivity index (χ2n) is 6.77. The molecule has 0 unspecified atom stereocenters. The van der Waals surface area contributed by atoms with Crippen LogP contribution in [0.5, 0.6) is 0 Å². The van der Waals surface area contributed by atoms with Gasteiger partial charge < -0.3 is 10.0 Å². The van der Waals surface area contributed by atoms with Crippen LogP contribution in [0.4, 0.5) is 0 Å². The van der Waals surface area contributed by atoms with Gasteiger partial charge in [0.25, 0.3) is 0 Å². The van der Waals surface area contributed by atoms with Crippen molar-refractivity contribution >= 4 is 0 Å². The number of benzene rings is 1. The summed E-state index contributed by atoms with van der Waals surface area (Å²) in [5.41, 5.74) is 4.57. The maximum atomic E-state index is 9.31. The molecule has 1 aliphatic carbocycles. The van der Waals surface area contributed by atoms with Gasteiger partial charge in [0.05, 0.1) is 0 Å². The zero-order valence-corrected chi connectivity index (χ0v) is 12.6. The molecule has 2 rings (SSSR count). The minimum Gasteiger partial charge on any atom is -0.396 e. The third-order valence-corrected chi connectivity index (χ3v) is 4.07. The highest BCUT2D eigenvalue weighted by Crippen LogP contribution is 2.23. The van der Waals surface area contributed by atoms with Gasteiger partial charge in [-0.1, -0.05) is 32.0 Å². The van der Waals surface area contributed by atoms with Gasteiger partial charge in [-0.25, -0.2) is 0 Å². The monoisotopic (exact) mass is 261 g/mol. The van der Waals surface area contributed by atoms with Crippen molar-refractivity contribution < 1.29 is 5.11 Å². The third kappa shape index (κ3) is 4.05. The molecule has 19 heavy (non-hydrogen) atoms. The van der Waals surface area contributed by atoms with Gasteiger partial charge in [0.2, 0.25) is 0 Å². The molecular formula is C17H27NO. The highest BCUT2D eigenvalue weighted by Gasteiger charge is 2.18. The van der Waals surface area contributed by atoms with Crippen molar-refractivity contribution in [1.82, 2.24) is 4.90 Å². The number of fused-ring (bicyclic) bond motifs is 1. The summed E-state index contributed by atoms with van der Waals surface area (Å²) in [5, 5.41) is 9.31. The van der Waals surface area contributed by atoms with Crippen LogP contribution in [0.1, 0.15) is 37.0 Å². The Labute approximate surface area is 117 Å². The molecular weight excluding hydrogens is 234 g/mol. The summed E-state index contributed by atoms with van der Waals surface area (Å²) in [6, 6.07) is 7.00.